The minimum Gasteiger partial charge on any atom is -0.366 e. The van der Waals surface area contributed by atoms with Crippen molar-refractivity contribution in [3.63, 3.8) is 0 Å². The highest BCUT2D eigenvalue weighted by Crippen LogP contribution is 2.34. The van der Waals surface area contributed by atoms with Gasteiger partial charge in [-0.1, -0.05) is 24.3 Å². The third kappa shape index (κ3) is 5.09. The molecule has 2 aromatic heterocycles. The molecule has 0 aliphatic heterocycles. The topological polar surface area (TPSA) is 95.1 Å². The van der Waals surface area contributed by atoms with Crippen LogP contribution < -0.4 is 11.1 Å². The van der Waals surface area contributed by atoms with E-state index in [0.29, 0.717) is 23.8 Å². The van der Waals surface area contributed by atoms with Crippen molar-refractivity contribution < 1.29 is 9.53 Å². The molecule has 1 atom stereocenters. The molecule has 1 amide bonds. The smallest absolute Gasteiger partial charge is 0.274 e. The van der Waals surface area contributed by atoms with Gasteiger partial charge in [0.1, 0.15) is 16.8 Å². The van der Waals surface area contributed by atoms with E-state index in [0.717, 1.165) is 34.1 Å². The maximum absolute atomic E-state index is 13.3. The van der Waals surface area contributed by atoms with Crippen LogP contribution in [0.1, 0.15) is 51.3 Å². The van der Waals surface area contributed by atoms with Gasteiger partial charge in [-0.3, -0.25) is 4.79 Å². The highest BCUT2D eigenvalue weighted by molar-refractivity contribution is 7.09. The molecule has 1 fully saturated rings. The van der Waals surface area contributed by atoms with E-state index in [1.807, 2.05) is 60.8 Å². The molecule has 1 saturated carbocycles. The molecule has 5 rings (SSSR count). The van der Waals surface area contributed by atoms with E-state index in [2.05, 4.69) is 15.4 Å². The van der Waals surface area contributed by atoms with Crippen LogP contribution >= 0.6 is 11.3 Å². The van der Waals surface area contributed by atoms with Gasteiger partial charge in [0.15, 0.2) is 0 Å². The average molecular weight is 474 g/mol. The number of hydrogen-bond donors (Lipinski definition) is 2. The Morgan fingerprint density at radius 2 is 2.09 bits per heavy atom. The second-order valence-electron chi connectivity index (χ2n) is 8.56. The van der Waals surface area contributed by atoms with E-state index in [9.17, 15) is 4.79 Å². The number of aryl methyl sites for hydroxylation is 1. The van der Waals surface area contributed by atoms with E-state index < -0.39 is 0 Å². The molecule has 0 saturated heterocycles. The summed E-state index contributed by atoms with van der Waals surface area (Å²) in [6.45, 7) is 3.02. The van der Waals surface area contributed by atoms with Gasteiger partial charge in [-0.05, 0) is 67.1 Å². The summed E-state index contributed by atoms with van der Waals surface area (Å²) in [4.78, 5) is 17.7. The van der Waals surface area contributed by atoms with Crippen molar-refractivity contribution >= 4 is 22.9 Å². The highest BCUT2D eigenvalue weighted by Gasteiger charge is 2.26. The third-order valence-electron chi connectivity index (χ3n) is 5.77. The normalized spacial score (nSPS) is 14.2. The van der Waals surface area contributed by atoms with Crippen LogP contribution in [0.4, 0.5) is 5.69 Å². The Labute approximate surface area is 202 Å². The van der Waals surface area contributed by atoms with Crippen LogP contribution in [0.5, 0.6) is 0 Å². The molecular weight excluding hydrogens is 446 g/mol. The number of carbonyl (C=O) groups is 1. The lowest BCUT2D eigenvalue weighted by Crippen LogP contribution is -2.17. The Balaban J connectivity index is 1.39. The maximum atomic E-state index is 13.3. The van der Waals surface area contributed by atoms with Crippen molar-refractivity contribution in [1.29, 1.82) is 0 Å². The molecule has 3 N–H and O–H groups in total. The number of benzene rings is 2. The standard InChI is InChI=1S/C26H27N5O2S/c1-17-12-23(31(30-17)22-7-2-4-19(13-22)15-27)25(32)29-21-6-3-5-20(14-21)24(26-28-10-11-34-26)33-16-18-8-9-18/h2-7,10-14,18,24H,8-9,15-16,27H2,1H3,(H,29,32). The van der Waals surface area contributed by atoms with Crippen LogP contribution in [0.25, 0.3) is 5.69 Å². The molecule has 2 heterocycles. The van der Waals surface area contributed by atoms with Gasteiger partial charge in [-0.25, -0.2) is 9.67 Å². The first-order valence-corrected chi connectivity index (χ1v) is 12.3. The predicted octanol–water partition coefficient (Wildman–Crippen LogP) is 4.86. The van der Waals surface area contributed by atoms with Crippen molar-refractivity contribution in [2.45, 2.75) is 32.4 Å². The summed E-state index contributed by atoms with van der Waals surface area (Å²) < 4.78 is 7.91. The molecule has 34 heavy (non-hydrogen) atoms. The minimum absolute atomic E-state index is 0.236. The molecule has 174 valence electrons. The molecule has 8 heteroatoms. The van der Waals surface area contributed by atoms with Gasteiger partial charge < -0.3 is 15.8 Å². The van der Waals surface area contributed by atoms with E-state index in [1.54, 1.807) is 28.3 Å². The first-order valence-electron chi connectivity index (χ1n) is 11.4. The summed E-state index contributed by atoms with van der Waals surface area (Å²) in [5.41, 5.74) is 10.4. The molecule has 0 radical (unpaired) electrons. The summed E-state index contributed by atoms with van der Waals surface area (Å²) in [6, 6.07) is 17.3. The van der Waals surface area contributed by atoms with Gasteiger partial charge in [0.25, 0.3) is 5.91 Å². The monoisotopic (exact) mass is 473 g/mol. The lowest BCUT2D eigenvalue weighted by atomic mass is 10.1. The van der Waals surface area contributed by atoms with Crippen LogP contribution in [0.15, 0.2) is 66.2 Å². The maximum Gasteiger partial charge on any atom is 0.274 e. The van der Waals surface area contributed by atoms with E-state index in [-0.39, 0.29) is 12.0 Å². The Morgan fingerprint density at radius 3 is 2.85 bits per heavy atom. The molecule has 7 nitrogen and oxygen atoms in total. The molecule has 0 bridgehead atoms. The zero-order chi connectivity index (χ0) is 23.5. The van der Waals surface area contributed by atoms with Crippen molar-refractivity contribution in [1.82, 2.24) is 14.8 Å². The fourth-order valence-electron chi connectivity index (χ4n) is 3.84. The second-order valence-corrected chi connectivity index (χ2v) is 9.49. The van der Waals surface area contributed by atoms with Crippen LogP contribution in [-0.4, -0.2) is 27.3 Å². The number of nitrogens with one attached hydrogen (secondary N) is 1. The zero-order valence-electron chi connectivity index (χ0n) is 19.0. The summed E-state index contributed by atoms with van der Waals surface area (Å²) in [5, 5.41) is 10.4. The van der Waals surface area contributed by atoms with Crippen LogP contribution in [-0.2, 0) is 11.3 Å². The van der Waals surface area contributed by atoms with Crippen molar-refractivity contribution in [2.75, 3.05) is 11.9 Å². The van der Waals surface area contributed by atoms with Crippen LogP contribution in [0.3, 0.4) is 0 Å². The summed E-state index contributed by atoms with van der Waals surface area (Å²) in [7, 11) is 0. The minimum atomic E-state index is -0.246. The zero-order valence-corrected chi connectivity index (χ0v) is 19.8. The van der Waals surface area contributed by atoms with Crippen LogP contribution in [0.2, 0.25) is 0 Å². The largest absolute Gasteiger partial charge is 0.366 e. The highest BCUT2D eigenvalue weighted by atomic mass is 32.1. The SMILES string of the molecule is Cc1cc(C(=O)Nc2cccc(C(OCC3CC3)c3nccs3)c2)n(-c2cccc(CN)c2)n1. The number of hydrogen-bond acceptors (Lipinski definition) is 6. The molecule has 0 spiro atoms. The number of nitrogens with two attached hydrogens (primary N) is 1. The van der Waals surface area contributed by atoms with Gasteiger partial charge >= 0.3 is 0 Å². The summed E-state index contributed by atoms with van der Waals surface area (Å²) >= 11 is 1.58. The second kappa shape index (κ2) is 9.89. The Kier molecular flexibility index (Phi) is 6.53. The van der Waals surface area contributed by atoms with Gasteiger partial charge in [0.05, 0.1) is 18.0 Å². The number of aromatic nitrogens is 3. The third-order valence-corrected chi connectivity index (χ3v) is 6.59. The number of nitrogens with zero attached hydrogens (tertiary/aromatic N) is 3. The fourth-order valence-corrected chi connectivity index (χ4v) is 4.55. The van der Waals surface area contributed by atoms with E-state index in [1.165, 1.54) is 12.8 Å². The molecule has 1 aliphatic carbocycles. The first-order chi connectivity index (χ1) is 16.6. The lowest BCUT2D eigenvalue weighted by Gasteiger charge is -2.17. The fraction of sp³-hybridized carbons (Fsp3) is 0.269. The molecule has 1 unspecified atom stereocenters. The summed E-state index contributed by atoms with van der Waals surface area (Å²) in [6.07, 6.45) is 4.00. The van der Waals surface area contributed by atoms with E-state index in [4.69, 9.17) is 10.5 Å². The Morgan fingerprint density at radius 1 is 1.24 bits per heavy atom. The lowest BCUT2D eigenvalue weighted by molar-refractivity contribution is 0.0716. The van der Waals surface area contributed by atoms with E-state index >= 15 is 0 Å². The number of thiazole rings is 1. The Hall–Kier alpha value is -3.33. The number of ether oxygens (including phenoxy) is 1. The van der Waals surface area contributed by atoms with Gasteiger partial charge in [-0.15, -0.1) is 11.3 Å². The van der Waals surface area contributed by atoms with Gasteiger partial charge in [0, 0.05) is 23.8 Å². The number of anilines is 1. The van der Waals surface area contributed by atoms with Gasteiger partial charge in [0.2, 0.25) is 0 Å². The number of amides is 1. The van der Waals surface area contributed by atoms with Crippen molar-refractivity contribution in [2.24, 2.45) is 11.7 Å². The van der Waals surface area contributed by atoms with Crippen molar-refractivity contribution in [3.8, 4) is 5.69 Å². The molecule has 2 aromatic carbocycles. The van der Waals surface area contributed by atoms with Gasteiger partial charge in [-0.2, -0.15) is 5.10 Å². The molecule has 4 aromatic rings. The quantitative estimate of drug-likeness (QED) is 0.362. The number of rotatable bonds is 9. The molecular formula is C26H27N5O2S. The van der Waals surface area contributed by atoms with Crippen LogP contribution in [0, 0.1) is 12.8 Å². The van der Waals surface area contributed by atoms with Crippen molar-refractivity contribution in [3.05, 3.63) is 93.7 Å². The average Bonchev–Trinajstić information content (AvgIpc) is 3.35. The molecule has 1 aliphatic rings. The predicted molar refractivity (Wildman–Crippen MR) is 133 cm³/mol. The number of carbonyl (C=O) groups excluding carboxylic acids is 1. The first kappa shape index (κ1) is 22.5. The summed E-state index contributed by atoms with van der Waals surface area (Å²) in [5.74, 6) is 0.409. The Bertz CT molecular complexity index is 1280.